The molecule has 2 aromatic carbocycles. The highest BCUT2D eigenvalue weighted by Crippen LogP contribution is 2.39. The van der Waals surface area contributed by atoms with Crippen molar-refractivity contribution in [2.24, 2.45) is 0 Å². The van der Waals surface area contributed by atoms with Crippen molar-refractivity contribution in [2.75, 3.05) is 12.4 Å². The summed E-state index contributed by atoms with van der Waals surface area (Å²) >= 11 is 0. The van der Waals surface area contributed by atoms with Crippen LogP contribution in [0.5, 0.6) is 5.75 Å². The molecule has 1 saturated carbocycles. The summed E-state index contributed by atoms with van der Waals surface area (Å²) in [7, 11) is 1.65. The quantitative estimate of drug-likeness (QED) is 0.859. The zero-order valence-electron chi connectivity index (χ0n) is 15.2. The molecule has 0 aromatic heterocycles. The number of benzene rings is 2. The average Bonchev–Trinajstić information content (AvgIpc) is 3.11. The lowest BCUT2D eigenvalue weighted by Gasteiger charge is -2.31. The van der Waals surface area contributed by atoms with E-state index in [1.807, 2.05) is 24.3 Å². The highest BCUT2D eigenvalue weighted by Gasteiger charge is 2.37. The van der Waals surface area contributed by atoms with Crippen LogP contribution in [0.25, 0.3) is 0 Å². The summed E-state index contributed by atoms with van der Waals surface area (Å²) in [5.74, 6) is 0.575. The van der Waals surface area contributed by atoms with Gasteiger partial charge in [0, 0.05) is 18.2 Å². The molecule has 0 unspecified atom stereocenters. The van der Waals surface area contributed by atoms with Gasteiger partial charge in [-0.3, -0.25) is 9.59 Å². The molecule has 26 heavy (non-hydrogen) atoms. The third-order valence-electron chi connectivity index (χ3n) is 4.92. The lowest BCUT2D eigenvalue weighted by molar-refractivity contribution is -0.114. The Hall–Kier alpha value is -2.82. The molecule has 1 aliphatic carbocycles. The standard InChI is InChI=1S/C21H24N2O3/c1-15(24)22-18-9-5-16(6-10-18)20(25)23-21(13-3-4-14-21)17-7-11-19(26-2)12-8-17/h5-12H,3-4,13-14H2,1-2H3,(H,22,24)(H,23,25). The maximum atomic E-state index is 12.8. The Balaban J connectivity index is 1.79. The molecule has 0 heterocycles. The summed E-state index contributed by atoms with van der Waals surface area (Å²) in [5, 5.41) is 5.96. The predicted molar refractivity (Wildman–Crippen MR) is 101 cm³/mol. The van der Waals surface area contributed by atoms with Crippen molar-refractivity contribution in [3.05, 3.63) is 59.7 Å². The molecule has 0 aliphatic heterocycles. The first kappa shape index (κ1) is 18.0. The van der Waals surface area contributed by atoms with Gasteiger partial charge in [0.25, 0.3) is 5.91 Å². The molecule has 136 valence electrons. The third kappa shape index (κ3) is 3.87. The van der Waals surface area contributed by atoms with E-state index in [4.69, 9.17) is 4.74 Å². The van der Waals surface area contributed by atoms with Crippen molar-refractivity contribution in [2.45, 2.75) is 38.1 Å². The number of anilines is 1. The number of carbonyl (C=O) groups is 2. The van der Waals surface area contributed by atoms with Crippen LogP contribution in [0.1, 0.15) is 48.5 Å². The van der Waals surface area contributed by atoms with E-state index in [1.54, 1.807) is 31.4 Å². The molecule has 1 aliphatic rings. The Bertz CT molecular complexity index is 776. The molecule has 3 rings (SSSR count). The maximum Gasteiger partial charge on any atom is 0.251 e. The molecular weight excluding hydrogens is 328 g/mol. The van der Waals surface area contributed by atoms with Crippen LogP contribution in [0.4, 0.5) is 5.69 Å². The minimum Gasteiger partial charge on any atom is -0.497 e. The lowest BCUT2D eigenvalue weighted by atomic mass is 9.87. The monoisotopic (exact) mass is 352 g/mol. The van der Waals surface area contributed by atoms with E-state index < -0.39 is 0 Å². The number of amides is 2. The van der Waals surface area contributed by atoms with E-state index in [1.165, 1.54) is 6.92 Å². The van der Waals surface area contributed by atoms with Gasteiger partial charge in [-0.2, -0.15) is 0 Å². The zero-order valence-corrected chi connectivity index (χ0v) is 15.2. The largest absolute Gasteiger partial charge is 0.497 e. The first-order chi connectivity index (χ1) is 12.5. The van der Waals surface area contributed by atoms with E-state index in [0.717, 1.165) is 37.0 Å². The summed E-state index contributed by atoms with van der Waals surface area (Å²) < 4.78 is 5.24. The fourth-order valence-corrected chi connectivity index (χ4v) is 3.57. The molecule has 2 amide bonds. The number of nitrogens with one attached hydrogen (secondary N) is 2. The van der Waals surface area contributed by atoms with Gasteiger partial charge < -0.3 is 15.4 Å². The molecule has 0 atom stereocenters. The van der Waals surface area contributed by atoms with Crippen molar-refractivity contribution in [3.63, 3.8) is 0 Å². The van der Waals surface area contributed by atoms with E-state index >= 15 is 0 Å². The Kier molecular flexibility index (Phi) is 5.26. The molecule has 0 spiro atoms. The van der Waals surface area contributed by atoms with Crippen LogP contribution in [-0.2, 0) is 10.3 Å². The van der Waals surface area contributed by atoms with Crippen LogP contribution < -0.4 is 15.4 Å². The Morgan fingerprint density at radius 2 is 1.58 bits per heavy atom. The summed E-state index contributed by atoms with van der Waals surface area (Å²) in [6.45, 7) is 1.46. The summed E-state index contributed by atoms with van der Waals surface area (Å²) in [6.07, 6.45) is 4.03. The van der Waals surface area contributed by atoms with Crippen molar-refractivity contribution in [1.29, 1.82) is 0 Å². The number of rotatable bonds is 5. The van der Waals surface area contributed by atoms with Gasteiger partial charge in [-0.05, 0) is 54.8 Å². The zero-order chi connectivity index (χ0) is 18.6. The van der Waals surface area contributed by atoms with Crippen molar-refractivity contribution < 1.29 is 14.3 Å². The second-order valence-electron chi connectivity index (χ2n) is 6.73. The van der Waals surface area contributed by atoms with Gasteiger partial charge in [-0.15, -0.1) is 0 Å². The molecule has 1 fully saturated rings. The second-order valence-corrected chi connectivity index (χ2v) is 6.73. The lowest BCUT2D eigenvalue weighted by Crippen LogP contribution is -2.43. The first-order valence-electron chi connectivity index (χ1n) is 8.87. The van der Waals surface area contributed by atoms with Crippen LogP contribution in [-0.4, -0.2) is 18.9 Å². The topological polar surface area (TPSA) is 67.4 Å². The van der Waals surface area contributed by atoms with E-state index in [9.17, 15) is 9.59 Å². The Morgan fingerprint density at radius 3 is 2.12 bits per heavy atom. The number of carbonyl (C=O) groups excluding carboxylic acids is 2. The van der Waals surface area contributed by atoms with Crippen molar-refractivity contribution in [1.82, 2.24) is 5.32 Å². The minimum absolute atomic E-state index is 0.0999. The van der Waals surface area contributed by atoms with Crippen LogP contribution in [0.3, 0.4) is 0 Å². The van der Waals surface area contributed by atoms with Gasteiger partial charge in [0.1, 0.15) is 5.75 Å². The average molecular weight is 352 g/mol. The molecule has 2 N–H and O–H groups in total. The molecule has 5 heteroatoms. The van der Waals surface area contributed by atoms with E-state index in [0.29, 0.717) is 11.3 Å². The Morgan fingerprint density at radius 1 is 0.962 bits per heavy atom. The van der Waals surface area contributed by atoms with Crippen LogP contribution in [0.15, 0.2) is 48.5 Å². The summed E-state index contributed by atoms with van der Waals surface area (Å²) in [4.78, 5) is 23.9. The molecular formula is C21H24N2O3. The van der Waals surface area contributed by atoms with Gasteiger partial charge in [0.2, 0.25) is 5.91 Å². The van der Waals surface area contributed by atoms with Crippen molar-refractivity contribution >= 4 is 17.5 Å². The minimum atomic E-state index is -0.334. The number of ether oxygens (including phenoxy) is 1. The van der Waals surface area contributed by atoms with Gasteiger partial charge >= 0.3 is 0 Å². The van der Waals surface area contributed by atoms with Crippen LogP contribution in [0.2, 0.25) is 0 Å². The molecule has 0 radical (unpaired) electrons. The van der Waals surface area contributed by atoms with Crippen LogP contribution in [0, 0.1) is 0 Å². The number of hydrogen-bond acceptors (Lipinski definition) is 3. The third-order valence-corrected chi connectivity index (χ3v) is 4.92. The smallest absolute Gasteiger partial charge is 0.251 e. The summed E-state index contributed by atoms with van der Waals surface area (Å²) in [6, 6.07) is 14.9. The summed E-state index contributed by atoms with van der Waals surface area (Å²) in [5.41, 5.74) is 2.04. The van der Waals surface area contributed by atoms with Gasteiger partial charge in [0.05, 0.1) is 12.6 Å². The highest BCUT2D eigenvalue weighted by atomic mass is 16.5. The predicted octanol–water partition coefficient (Wildman–Crippen LogP) is 3.85. The highest BCUT2D eigenvalue weighted by molar-refractivity contribution is 5.96. The molecule has 0 bridgehead atoms. The van der Waals surface area contributed by atoms with Crippen molar-refractivity contribution in [3.8, 4) is 5.75 Å². The number of hydrogen-bond donors (Lipinski definition) is 2. The second kappa shape index (κ2) is 7.60. The Labute approximate surface area is 153 Å². The SMILES string of the molecule is COc1ccc(C2(NC(=O)c3ccc(NC(C)=O)cc3)CCCC2)cc1. The fourth-order valence-electron chi connectivity index (χ4n) is 3.57. The fraction of sp³-hybridized carbons (Fsp3) is 0.333. The van der Waals surface area contributed by atoms with E-state index in [-0.39, 0.29) is 17.4 Å². The van der Waals surface area contributed by atoms with Gasteiger partial charge in [0.15, 0.2) is 0 Å². The maximum absolute atomic E-state index is 12.8. The van der Waals surface area contributed by atoms with Gasteiger partial charge in [-0.1, -0.05) is 25.0 Å². The first-order valence-corrected chi connectivity index (χ1v) is 8.87. The molecule has 0 saturated heterocycles. The van der Waals surface area contributed by atoms with Crippen LogP contribution >= 0.6 is 0 Å². The molecule has 2 aromatic rings. The number of methoxy groups -OCH3 is 1. The van der Waals surface area contributed by atoms with E-state index in [2.05, 4.69) is 10.6 Å². The van der Waals surface area contributed by atoms with Gasteiger partial charge in [-0.25, -0.2) is 0 Å². The normalized spacial score (nSPS) is 15.3. The molecule has 5 nitrogen and oxygen atoms in total.